The van der Waals surface area contributed by atoms with Crippen LogP contribution in [0.4, 0.5) is 0 Å². The monoisotopic (exact) mass is 270 g/mol. The second-order valence-electron chi connectivity index (χ2n) is 5.41. The molecular formula is C14H26N2O3. The average Bonchev–Trinajstić information content (AvgIpc) is 2.39. The van der Waals surface area contributed by atoms with Crippen LogP contribution in [0.2, 0.25) is 0 Å². The fraction of sp³-hybridized carbons (Fsp3) is 0.857. The zero-order valence-electron chi connectivity index (χ0n) is 12.4. The lowest BCUT2D eigenvalue weighted by atomic mass is 9.91. The van der Waals surface area contributed by atoms with Crippen molar-refractivity contribution in [1.82, 2.24) is 9.80 Å². The van der Waals surface area contributed by atoms with Gasteiger partial charge < -0.3 is 10.0 Å². The van der Waals surface area contributed by atoms with Crippen LogP contribution in [-0.4, -0.2) is 58.5 Å². The SMILES string of the molecule is CCN(CC)C(=O)C(C)N1CCC(C)CC1C(=O)O. The number of amides is 1. The first kappa shape index (κ1) is 16.0. The Morgan fingerprint density at radius 2 is 1.95 bits per heavy atom. The highest BCUT2D eigenvalue weighted by atomic mass is 16.4. The molecule has 0 saturated carbocycles. The molecule has 0 bridgehead atoms. The van der Waals surface area contributed by atoms with Crippen molar-refractivity contribution in [1.29, 1.82) is 0 Å². The van der Waals surface area contributed by atoms with Gasteiger partial charge in [-0.05, 0) is 39.5 Å². The van der Waals surface area contributed by atoms with Crippen molar-refractivity contribution in [2.45, 2.75) is 52.6 Å². The lowest BCUT2D eigenvalue weighted by molar-refractivity contribution is -0.150. The van der Waals surface area contributed by atoms with Crippen LogP contribution in [0.25, 0.3) is 0 Å². The van der Waals surface area contributed by atoms with E-state index in [1.807, 2.05) is 25.7 Å². The van der Waals surface area contributed by atoms with Crippen LogP contribution in [0.15, 0.2) is 0 Å². The van der Waals surface area contributed by atoms with E-state index in [-0.39, 0.29) is 11.9 Å². The van der Waals surface area contributed by atoms with Crippen LogP contribution in [0.5, 0.6) is 0 Å². The molecule has 0 radical (unpaired) electrons. The van der Waals surface area contributed by atoms with E-state index < -0.39 is 12.0 Å². The zero-order chi connectivity index (χ0) is 14.6. The minimum Gasteiger partial charge on any atom is -0.480 e. The van der Waals surface area contributed by atoms with Crippen molar-refractivity contribution >= 4 is 11.9 Å². The first-order valence-corrected chi connectivity index (χ1v) is 7.19. The maximum atomic E-state index is 12.3. The predicted octanol–water partition coefficient (Wildman–Crippen LogP) is 1.43. The van der Waals surface area contributed by atoms with Crippen molar-refractivity contribution in [2.24, 2.45) is 5.92 Å². The number of rotatable bonds is 5. The number of likely N-dealkylation sites (tertiary alicyclic amines) is 1. The molecule has 3 unspecified atom stereocenters. The Labute approximate surface area is 115 Å². The Morgan fingerprint density at radius 1 is 1.37 bits per heavy atom. The highest BCUT2D eigenvalue weighted by molar-refractivity contribution is 5.83. The van der Waals surface area contributed by atoms with E-state index in [1.165, 1.54) is 0 Å². The third-order valence-electron chi connectivity index (χ3n) is 4.12. The van der Waals surface area contributed by atoms with Gasteiger partial charge in [-0.15, -0.1) is 0 Å². The van der Waals surface area contributed by atoms with Crippen LogP contribution >= 0.6 is 0 Å². The molecule has 1 aliphatic rings. The zero-order valence-corrected chi connectivity index (χ0v) is 12.4. The molecule has 19 heavy (non-hydrogen) atoms. The molecule has 0 aliphatic carbocycles. The standard InChI is InChI=1S/C14H26N2O3/c1-5-15(6-2)13(17)11(4)16-8-7-10(3)9-12(16)14(18)19/h10-12H,5-9H2,1-4H3,(H,18,19). The summed E-state index contributed by atoms with van der Waals surface area (Å²) < 4.78 is 0. The number of piperidine rings is 1. The van der Waals surface area contributed by atoms with Crippen LogP contribution in [-0.2, 0) is 9.59 Å². The van der Waals surface area contributed by atoms with Gasteiger partial charge in [0.2, 0.25) is 5.91 Å². The van der Waals surface area contributed by atoms with Gasteiger partial charge in [-0.25, -0.2) is 0 Å². The van der Waals surface area contributed by atoms with Crippen LogP contribution < -0.4 is 0 Å². The molecule has 110 valence electrons. The maximum Gasteiger partial charge on any atom is 0.320 e. The fourth-order valence-electron chi connectivity index (χ4n) is 2.81. The predicted molar refractivity (Wildman–Crippen MR) is 73.9 cm³/mol. The highest BCUT2D eigenvalue weighted by Gasteiger charge is 2.37. The molecule has 1 rings (SSSR count). The number of nitrogens with zero attached hydrogens (tertiary/aromatic N) is 2. The second-order valence-corrected chi connectivity index (χ2v) is 5.41. The van der Waals surface area contributed by atoms with E-state index in [2.05, 4.69) is 6.92 Å². The summed E-state index contributed by atoms with van der Waals surface area (Å²) in [5.74, 6) is -0.371. The van der Waals surface area contributed by atoms with Gasteiger partial charge in [0.05, 0.1) is 6.04 Å². The van der Waals surface area contributed by atoms with E-state index in [0.29, 0.717) is 32.0 Å². The number of hydrogen-bond acceptors (Lipinski definition) is 3. The number of carbonyl (C=O) groups is 2. The van der Waals surface area contributed by atoms with E-state index in [9.17, 15) is 14.7 Å². The Morgan fingerprint density at radius 3 is 2.42 bits per heavy atom. The van der Waals surface area contributed by atoms with Crippen molar-refractivity contribution < 1.29 is 14.7 Å². The number of aliphatic carboxylic acids is 1. The van der Waals surface area contributed by atoms with Crippen molar-refractivity contribution in [2.75, 3.05) is 19.6 Å². The van der Waals surface area contributed by atoms with Crippen molar-refractivity contribution in [3.05, 3.63) is 0 Å². The van der Waals surface area contributed by atoms with Crippen LogP contribution in [0, 0.1) is 5.92 Å². The first-order valence-electron chi connectivity index (χ1n) is 7.19. The number of hydrogen-bond donors (Lipinski definition) is 1. The van der Waals surface area contributed by atoms with Crippen molar-refractivity contribution in [3.8, 4) is 0 Å². The van der Waals surface area contributed by atoms with Crippen LogP contribution in [0.1, 0.15) is 40.5 Å². The molecule has 1 fully saturated rings. The summed E-state index contributed by atoms with van der Waals surface area (Å²) in [7, 11) is 0. The largest absolute Gasteiger partial charge is 0.480 e. The summed E-state index contributed by atoms with van der Waals surface area (Å²) in [6, 6.07) is -0.883. The third-order valence-corrected chi connectivity index (χ3v) is 4.12. The normalized spacial score (nSPS) is 25.9. The fourth-order valence-corrected chi connectivity index (χ4v) is 2.81. The Kier molecular flexibility index (Phi) is 5.79. The highest BCUT2D eigenvalue weighted by Crippen LogP contribution is 2.25. The topological polar surface area (TPSA) is 60.9 Å². The average molecular weight is 270 g/mol. The lowest BCUT2D eigenvalue weighted by Crippen LogP contribution is -2.56. The van der Waals surface area contributed by atoms with E-state index in [4.69, 9.17) is 0 Å². The van der Waals surface area contributed by atoms with Gasteiger partial charge in [0.25, 0.3) is 0 Å². The van der Waals surface area contributed by atoms with E-state index in [0.717, 1.165) is 6.42 Å². The molecule has 1 N–H and O–H groups in total. The Bertz CT molecular complexity index is 329. The molecule has 0 spiro atoms. The summed E-state index contributed by atoms with van der Waals surface area (Å²) >= 11 is 0. The van der Waals surface area contributed by atoms with E-state index in [1.54, 1.807) is 4.90 Å². The van der Waals surface area contributed by atoms with Gasteiger partial charge in [0, 0.05) is 19.6 Å². The summed E-state index contributed by atoms with van der Waals surface area (Å²) in [5, 5.41) is 9.34. The van der Waals surface area contributed by atoms with Crippen molar-refractivity contribution in [3.63, 3.8) is 0 Å². The van der Waals surface area contributed by atoms with Gasteiger partial charge in [0.15, 0.2) is 0 Å². The van der Waals surface area contributed by atoms with Gasteiger partial charge >= 0.3 is 5.97 Å². The number of carbonyl (C=O) groups excluding carboxylic acids is 1. The van der Waals surface area contributed by atoms with Crippen LogP contribution in [0.3, 0.4) is 0 Å². The number of likely N-dealkylation sites (N-methyl/N-ethyl adjacent to an activating group) is 1. The molecule has 1 saturated heterocycles. The number of carboxylic acid groups (broad SMARTS) is 1. The summed E-state index contributed by atoms with van der Waals surface area (Å²) in [6.07, 6.45) is 1.59. The molecule has 0 aromatic heterocycles. The van der Waals surface area contributed by atoms with Gasteiger partial charge in [-0.3, -0.25) is 14.5 Å². The molecule has 0 aromatic rings. The first-order chi connectivity index (χ1) is 8.92. The quantitative estimate of drug-likeness (QED) is 0.821. The van der Waals surface area contributed by atoms with Gasteiger partial charge in [-0.1, -0.05) is 6.92 Å². The molecule has 3 atom stereocenters. The molecule has 1 aliphatic heterocycles. The molecule has 0 aromatic carbocycles. The maximum absolute atomic E-state index is 12.3. The summed E-state index contributed by atoms with van der Waals surface area (Å²) in [4.78, 5) is 27.3. The lowest BCUT2D eigenvalue weighted by Gasteiger charge is -2.40. The second kappa shape index (κ2) is 6.89. The van der Waals surface area contributed by atoms with E-state index >= 15 is 0 Å². The van der Waals surface area contributed by atoms with Gasteiger partial charge in [-0.2, -0.15) is 0 Å². The Hall–Kier alpha value is -1.10. The summed E-state index contributed by atoms with van der Waals surface area (Å²) in [6.45, 7) is 9.81. The molecule has 1 amide bonds. The molecular weight excluding hydrogens is 244 g/mol. The minimum absolute atomic E-state index is 0.0332. The molecule has 1 heterocycles. The smallest absolute Gasteiger partial charge is 0.320 e. The summed E-state index contributed by atoms with van der Waals surface area (Å²) in [5.41, 5.74) is 0. The van der Waals surface area contributed by atoms with Gasteiger partial charge in [0.1, 0.15) is 6.04 Å². The Balaban J connectivity index is 2.80. The third kappa shape index (κ3) is 3.69. The molecule has 5 heteroatoms. The minimum atomic E-state index is -0.814. The molecule has 5 nitrogen and oxygen atoms in total. The number of carboxylic acids is 1.